The summed E-state index contributed by atoms with van der Waals surface area (Å²) in [6.45, 7) is 3.99. The van der Waals surface area contributed by atoms with Crippen LogP contribution in [0.1, 0.15) is 45.1 Å². The van der Waals surface area contributed by atoms with E-state index in [1.54, 1.807) is 0 Å². The van der Waals surface area contributed by atoms with Gasteiger partial charge < -0.3 is 4.74 Å². The van der Waals surface area contributed by atoms with Crippen LogP contribution in [-0.4, -0.2) is 11.6 Å². The summed E-state index contributed by atoms with van der Waals surface area (Å²) in [5, 5.41) is 0. The van der Waals surface area contributed by atoms with Gasteiger partial charge >= 0.3 is 5.97 Å². The molecule has 0 amide bonds. The average Bonchev–Trinajstić information content (AvgIpc) is 2.39. The predicted molar refractivity (Wildman–Crippen MR) is 76.6 cm³/mol. The number of carbonyl (C=O) groups is 1. The van der Waals surface area contributed by atoms with Gasteiger partial charge in [0.2, 0.25) is 0 Å². The molecule has 2 nitrogen and oxygen atoms in total. The monoisotopic (exact) mass is 259 g/mol. The normalized spacial score (nSPS) is 17.2. The van der Waals surface area contributed by atoms with Crippen molar-refractivity contribution in [1.29, 1.82) is 0 Å². The van der Waals surface area contributed by atoms with E-state index in [9.17, 15) is 4.79 Å². The van der Waals surface area contributed by atoms with Crippen molar-refractivity contribution < 1.29 is 9.53 Å². The summed E-state index contributed by atoms with van der Waals surface area (Å²) in [5.41, 5.74) is 0.775. The van der Waals surface area contributed by atoms with Gasteiger partial charge in [-0.25, -0.2) is 0 Å². The van der Waals surface area contributed by atoms with Crippen LogP contribution in [0.5, 0.6) is 0 Å². The van der Waals surface area contributed by atoms with E-state index in [0.29, 0.717) is 0 Å². The lowest BCUT2D eigenvalue weighted by molar-refractivity contribution is -0.162. The van der Waals surface area contributed by atoms with E-state index in [4.69, 9.17) is 4.74 Å². The fourth-order valence-corrected chi connectivity index (χ4v) is 2.64. The first-order valence-corrected chi connectivity index (χ1v) is 7.15. The molecule has 1 fully saturated rings. The fourth-order valence-electron chi connectivity index (χ4n) is 2.64. The molecule has 0 N–H and O–H groups in total. The van der Waals surface area contributed by atoms with Crippen LogP contribution < -0.4 is 0 Å². The maximum absolute atomic E-state index is 12.2. The molecular formula is C17H23O2. The second-order valence-corrected chi connectivity index (χ2v) is 5.98. The van der Waals surface area contributed by atoms with Crippen LogP contribution in [0.4, 0.5) is 0 Å². The van der Waals surface area contributed by atoms with E-state index in [0.717, 1.165) is 32.1 Å². The summed E-state index contributed by atoms with van der Waals surface area (Å²) in [6.07, 6.45) is 7.00. The van der Waals surface area contributed by atoms with Gasteiger partial charge in [-0.05, 0) is 51.5 Å². The van der Waals surface area contributed by atoms with Gasteiger partial charge in [0.05, 0.1) is 5.92 Å². The molecule has 0 atom stereocenters. The Morgan fingerprint density at radius 3 is 2.47 bits per heavy atom. The molecule has 0 aromatic heterocycles. The molecular weight excluding hydrogens is 236 g/mol. The van der Waals surface area contributed by atoms with Crippen LogP contribution in [0, 0.1) is 12.3 Å². The lowest BCUT2D eigenvalue weighted by Crippen LogP contribution is -2.34. The second kappa shape index (κ2) is 6.23. The van der Waals surface area contributed by atoms with Crippen molar-refractivity contribution in [2.75, 3.05) is 0 Å². The predicted octanol–water partition coefficient (Wildman–Crippen LogP) is 3.95. The summed E-state index contributed by atoms with van der Waals surface area (Å²) >= 11 is 0. The van der Waals surface area contributed by atoms with Crippen molar-refractivity contribution in [3.05, 3.63) is 42.3 Å². The van der Waals surface area contributed by atoms with E-state index < -0.39 is 5.60 Å². The van der Waals surface area contributed by atoms with Gasteiger partial charge in [0.1, 0.15) is 5.60 Å². The summed E-state index contributed by atoms with van der Waals surface area (Å²) in [5.74, 6) is 0.0779. The van der Waals surface area contributed by atoms with Crippen molar-refractivity contribution in [3.63, 3.8) is 0 Å². The highest BCUT2D eigenvalue weighted by Gasteiger charge is 2.29. The maximum atomic E-state index is 12.2. The lowest BCUT2D eigenvalue weighted by Gasteiger charge is -2.29. The molecule has 2 rings (SSSR count). The number of rotatable bonds is 4. The van der Waals surface area contributed by atoms with Crippen LogP contribution in [0.15, 0.2) is 30.3 Å². The zero-order chi connectivity index (χ0) is 13.7. The van der Waals surface area contributed by atoms with Gasteiger partial charge in [0, 0.05) is 6.42 Å². The number of hydrogen-bond acceptors (Lipinski definition) is 2. The highest BCUT2D eigenvalue weighted by molar-refractivity contribution is 5.73. The van der Waals surface area contributed by atoms with Crippen molar-refractivity contribution >= 4 is 5.97 Å². The number of benzene rings is 1. The minimum absolute atomic E-state index is 0.0194. The highest BCUT2D eigenvalue weighted by atomic mass is 16.6. The number of hydrogen-bond donors (Lipinski definition) is 0. The maximum Gasteiger partial charge on any atom is 0.309 e. The molecule has 0 aliphatic heterocycles. The van der Waals surface area contributed by atoms with Gasteiger partial charge in [-0.1, -0.05) is 30.3 Å². The van der Waals surface area contributed by atoms with E-state index in [1.165, 1.54) is 5.56 Å². The largest absolute Gasteiger partial charge is 0.459 e. The SMILES string of the molecule is CC(C)(Cc1ccccc1)OC(=O)C1CC[CH]CC1. The van der Waals surface area contributed by atoms with E-state index in [1.807, 2.05) is 32.0 Å². The topological polar surface area (TPSA) is 26.3 Å². The van der Waals surface area contributed by atoms with Crippen molar-refractivity contribution in [2.45, 2.75) is 51.6 Å². The molecule has 1 aromatic carbocycles. The van der Waals surface area contributed by atoms with Crippen LogP contribution >= 0.6 is 0 Å². The Balaban J connectivity index is 1.90. The lowest BCUT2D eigenvalue weighted by atomic mass is 9.89. The van der Waals surface area contributed by atoms with Crippen LogP contribution in [0.2, 0.25) is 0 Å². The third-order valence-corrected chi connectivity index (χ3v) is 3.62. The molecule has 0 saturated heterocycles. The third-order valence-electron chi connectivity index (χ3n) is 3.62. The van der Waals surface area contributed by atoms with Gasteiger partial charge in [-0.2, -0.15) is 0 Å². The first-order valence-electron chi connectivity index (χ1n) is 7.15. The molecule has 2 heteroatoms. The molecule has 1 radical (unpaired) electrons. The summed E-state index contributed by atoms with van der Waals surface area (Å²) in [6, 6.07) is 10.2. The average molecular weight is 259 g/mol. The van der Waals surface area contributed by atoms with Crippen LogP contribution in [0.25, 0.3) is 0 Å². The van der Waals surface area contributed by atoms with Gasteiger partial charge in [-0.15, -0.1) is 0 Å². The first-order chi connectivity index (χ1) is 9.07. The zero-order valence-electron chi connectivity index (χ0n) is 11.9. The Labute approximate surface area is 116 Å². The van der Waals surface area contributed by atoms with Crippen molar-refractivity contribution in [2.24, 2.45) is 5.92 Å². The quantitative estimate of drug-likeness (QED) is 0.765. The van der Waals surface area contributed by atoms with E-state index >= 15 is 0 Å². The van der Waals surface area contributed by atoms with Gasteiger partial charge in [0.15, 0.2) is 0 Å². The molecule has 0 heterocycles. The Bertz CT molecular complexity index is 403. The Morgan fingerprint density at radius 1 is 1.21 bits per heavy atom. The number of carbonyl (C=O) groups excluding carboxylic acids is 1. The van der Waals surface area contributed by atoms with E-state index in [2.05, 4.69) is 18.6 Å². The fraction of sp³-hybridized carbons (Fsp3) is 0.529. The molecule has 0 spiro atoms. The standard InChI is InChI=1S/C17H23O2/c1-17(2,13-14-9-5-3-6-10-14)19-16(18)15-11-7-4-8-12-15/h3-6,9-10,15H,7-8,11-13H2,1-2H3. The van der Waals surface area contributed by atoms with Gasteiger partial charge in [0.25, 0.3) is 0 Å². The smallest absolute Gasteiger partial charge is 0.309 e. The first kappa shape index (κ1) is 14.1. The Morgan fingerprint density at radius 2 is 1.84 bits per heavy atom. The molecule has 0 unspecified atom stereocenters. The van der Waals surface area contributed by atoms with Crippen molar-refractivity contribution in [3.8, 4) is 0 Å². The van der Waals surface area contributed by atoms with Crippen LogP contribution in [0.3, 0.4) is 0 Å². The third kappa shape index (κ3) is 4.38. The minimum Gasteiger partial charge on any atom is -0.459 e. The Kier molecular flexibility index (Phi) is 4.62. The van der Waals surface area contributed by atoms with E-state index in [-0.39, 0.29) is 11.9 Å². The highest BCUT2D eigenvalue weighted by Crippen LogP contribution is 2.27. The number of esters is 1. The summed E-state index contributed by atoms with van der Waals surface area (Å²) in [7, 11) is 0. The molecule has 1 aromatic rings. The Hall–Kier alpha value is -1.31. The van der Waals surface area contributed by atoms with Crippen molar-refractivity contribution in [1.82, 2.24) is 0 Å². The minimum atomic E-state index is -0.431. The molecule has 1 aliphatic rings. The molecule has 1 aliphatic carbocycles. The van der Waals surface area contributed by atoms with Gasteiger partial charge in [-0.3, -0.25) is 4.79 Å². The number of ether oxygens (including phenoxy) is 1. The summed E-state index contributed by atoms with van der Waals surface area (Å²) in [4.78, 5) is 12.2. The van der Waals surface area contributed by atoms with Crippen LogP contribution in [-0.2, 0) is 16.0 Å². The molecule has 103 valence electrons. The molecule has 1 saturated carbocycles. The summed E-state index contributed by atoms with van der Waals surface area (Å²) < 4.78 is 5.73. The second-order valence-electron chi connectivity index (χ2n) is 5.98. The zero-order valence-corrected chi connectivity index (χ0v) is 11.9. The molecule has 19 heavy (non-hydrogen) atoms. The molecule has 0 bridgehead atoms.